The topological polar surface area (TPSA) is 38.3 Å². The van der Waals surface area contributed by atoms with Gasteiger partial charge in [-0.15, -0.1) is 0 Å². The smallest absolute Gasteiger partial charge is 0.226 e. The Morgan fingerprint density at radius 1 is 1.43 bits per heavy atom. The Morgan fingerprint density at radius 2 is 2.07 bits per heavy atom. The molecule has 76 valence electrons. The zero-order valence-corrected chi connectivity index (χ0v) is 8.49. The lowest BCUT2D eigenvalue weighted by atomic mass is 10.1. The van der Waals surface area contributed by atoms with E-state index >= 15 is 0 Å². The minimum Gasteiger partial charge on any atom is -0.362 e. The van der Waals surface area contributed by atoms with E-state index in [1.54, 1.807) is 14.0 Å². The van der Waals surface area contributed by atoms with Crippen LogP contribution in [0.25, 0.3) is 0 Å². The van der Waals surface area contributed by atoms with Gasteiger partial charge in [0, 0.05) is 7.11 Å². The van der Waals surface area contributed by atoms with Crippen molar-refractivity contribution in [2.75, 3.05) is 7.11 Å². The number of amides is 1. The monoisotopic (exact) mass is 193 g/mol. The molecule has 0 bridgehead atoms. The molecule has 0 aromatic heterocycles. The van der Waals surface area contributed by atoms with Crippen LogP contribution in [0.1, 0.15) is 12.5 Å². The Kier molecular flexibility index (Phi) is 4.13. The van der Waals surface area contributed by atoms with E-state index in [2.05, 4.69) is 5.32 Å². The maximum absolute atomic E-state index is 11.4. The van der Waals surface area contributed by atoms with Gasteiger partial charge in [-0.2, -0.15) is 0 Å². The average Bonchev–Trinajstić information content (AvgIpc) is 2.19. The van der Waals surface area contributed by atoms with E-state index in [0.29, 0.717) is 6.42 Å². The highest BCUT2D eigenvalue weighted by Gasteiger charge is 2.05. The lowest BCUT2D eigenvalue weighted by molar-refractivity contribution is -0.123. The maximum atomic E-state index is 11.4. The van der Waals surface area contributed by atoms with Crippen molar-refractivity contribution in [3.05, 3.63) is 35.9 Å². The first-order valence-electron chi connectivity index (χ1n) is 4.58. The van der Waals surface area contributed by atoms with Crippen LogP contribution in [0.4, 0.5) is 0 Å². The van der Waals surface area contributed by atoms with Gasteiger partial charge in [0.25, 0.3) is 0 Å². The summed E-state index contributed by atoms with van der Waals surface area (Å²) < 4.78 is 4.93. The molecule has 0 aliphatic rings. The lowest BCUT2D eigenvalue weighted by Crippen LogP contribution is -2.34. The summed E-state index contributed by atoms with van der Waals surface area (Å²) in [5.74, 6) is -0.0226. The predicted molar refractivity (Wildman–Crippen MR) is 54.8 cm³/mol. The van der Waals surface area contributed by atoms with E-state index in [4.69, 9.17) is 4.74 Å². The number of carbonyl (C=O) groups excluding carboxylic acids is 1. The van der Waals surface area contributed by atoms with Crippen molar-refractivity contribution in [3.8, 4) is 0 Å². The van der Waals surface area contributed by atoms with Crippen molar-refractivity contribution < 1.29 is 9.53 Å². The molecule has 0 fully saturated rings. The van der Waals surface area contributed by atoms with Crippen LogP contribution < -0.4 is 5.32 Å². The molecular weight excluding hydrogens is 178 g/mol. The molecule has 0 aliphatic carbocycles. The highest BCUT2D eigenvalue weighted by molar-refractivity contribution is 5.78. The summed E-state index contributed by atoms with van der Waals surface area (Å²) in [6, 6.07) is 9.62. The van der Waals surface area contributed by atoms with Crippen molar-refractivity contribution in [2.24, 2.45) is 0 Å². The predicted octanol–water partition coefficient (Wildman–Crippen LogP) is 1.34. The van der Waals surface area contributed by atoms with E-state index in [1.807, 2.05) is 30.3 Å². The Morgan fingerprint density at radius 3 is 2.64 bits per heavy atom. The van der Waals surface area contributed by atoms with Gasteiger partial charge in [-0.3, -0.25) is 4.79 Å². The molecule has 1 amide bonds. The molecule has 1 atom stereocenters. The number of ether oxygens (including phenoxy) is 1. The number of carbonyl (C=O) groups is 1. The van der Waals surface area contributed by atoms with Crippen LogP contribution in [0.5, 0.6) is 0 Å². The first kappa shape index (κ1) is 10.7. The number of rotatable bonds is 4. The van der Waals surface area contributed by atoms with Gasteiger partial charge in [0.1, 0.15) is 6.23 Å². The van der Waals surface area contributed by atoms with Gasteiger partial charge in [0.2, 0.25) is 5.91 Å². The molecule has 0 spiro atoms. The molecule has 0 saturated heterocycles. The largest absolute Gasteiger partial charge is 0.362 e. The number of benzene rings is 1. The SMILES string of the molecule is COC(C)NC(=O)Cc1ccccc1. The van der Waals surface area contributed by atoms with Crippen LogP contribution in [0, 0.1) is 0 Å². The summed E-state index contributed by atoms with van der Waals surface area (Å²) >= 11 is 0. The van der Waals surface area contributed by atoms with Crippen molar-refractivity contribution in [2.45, 2.75) is 19.6 Å². The second-order valence-electron chi connectivity index (χ2n) is 3.11. The molecule has 1 unspecified atom stereocenters. The van der Waals surface area contributed by atoms with E-state index in [0.717, 1.165) is 5.56 Å². The Hall–Kier alpha value is -1.35. The molecule has 0 heterocycles. The molecule has 0 aliphatic heterocycles. The molecular formula is C11H15NO2. The van der Waals surface area contributed by atoms with Gasteiger partial charge >= 0.3 is 0 Å². The van der Waals surface area contributed by atoms with Crippen molar-refractivity contribution in [1.29, 1.82) is 0 Å². The highest BCUT2D eigenvalue weighted by Crippen LogP contribution is 1.99. The summed E-state index contributed by atoms with van der Waals surface area (Å²) in [5.41, 5.74) is 1.01. The van der Waals surface area contributed by atoms with E-state index < -0.39 is 0 Å². The van der Waals surface area contributed by atoms with Crippen LogP contribution in [0.3, 0.4) is 0 Å². The first-order chi connectivity index (χ1) is 6.72. The fourth-order valence-electron chi connectivity index (χ4n) is 1.12. The van der Waals surface area contributed by atoms with Gasteiger partial charge in [-0.25, -0.2) is 0 Å². The van der Waals surface area contributed by atoms with Gasteiger partial charge in [0.05, 0.1) is 6.42 Å². The molecule has 3 heteroatoms. The summed E-state index contributed by atoms with van der Waals surface area (Å²) in [7, 11) is 1.56. The minimum atomic E-state index is -0.230. The fraction of sp³-hybridized carbons (Fsp3) is 0.364. The summed E-state index contributed by atoms with van der Waals surface area (Å²) in [4.78, 5) is 11.4. The van der Waals surface area contributed by atoms with Gasteiger partial charge in [0.15, 0.2) is 0 Å². The summed E-state index contributed by atoms with van der Waals surface area (Å²) in [5, 5.41) is 2.72. The zero-order chi connectivity index (χ0) is 10.4. The van der Waals surface area contributed by atoms with Crippen molar-refractivity contribution in [1.82, 2.24) is 5.32 Å². The maximum Gasteiger partial charge on any atom is 0.226 e. The second kappa shape index (κ2) is 5.40. The molecule has 0 saturated carbocycles. The third-order valence-electron chi connectivity index (χ3n) is 1.93. The molecule has 1 N–H and O–H groups in total. The third kappa shape index (κ3) is 3.58. The number of hydrogen-bond acceptors (Lipinski definition) is 2. The Balaban J connectivity index is 2.42. The summed E-state index contributed by atoms with van der Waals surface area (Å²) in [6.45, 7) is 1.79. The number of hydrogen-bond donors (Lipinski definition) is 1. The normalized spacial score (nSPS) is 12.1. The van der Waals surface area contributed by atoms with Crippen LogP contribution >= 0.6 is 0 Å². The molecule has 1 aromatic rings. The standard InChI is InChI=1S/C11H15NO2/c1-9(14-2)12-11(13)8-10-6-4-3-5-7-10/h3-7,9H,8H2,1-2H3,(H,12,13). The third-order valence-corrected chi connectivity index (χ3v) is 1.93. The zero-order valence-electron chi connectivity index (χ0n) is 8.49. The lowest BCUT2D eigenvalue weighted by Gasteiger charge is -2.11. The molecule has 3 nitrogen and oxygen atoms in total. The fourth-order valence-corrected chi connectivity index (χ4v) is 1.12. The van der Waals surface area contributed by atoms with E-state index in [1.165, 1.54) is 0 Å². The highest BCUT2D eigenvalue weighted by atomic mass is 16.5. The van der Waals surface area contributed by atoms with Crippen LogP contribution in [0.2, 0.25) is 0 Å². The Bertz CT molecular complexity index is 285. The molecule has 0 radical (unpaired) electrons. The van der Waals surface area contributed by atoms with Crippen LogP contribution in [-0.2, 0) is 16.0 Å². The summed E-state index contributed by atoms with van der Waals surface area (Å²) in [6.07, 6.45) is 0.167. The quantitative estimate of drug-likeness (QED) is 0.733. The number of methoxy groups -OCH3 is 1. The first-order valence-corrected chi connectivity index (χ1v) is 4.58. The van der Waals surface area contributed by atoms with Gasteiger partial charge in [-0.1, -0.05) is 30.3 Å². The van der Waals surface area contributed by atoms with E-state index in [-0.39, 0.29) is 12.1 Å². The van der Waals surface area contributed by atoms with Crippen molar-refractivity contribution >= 4 is 5.91 Å². The van der Waals surface area contributed by atoms with Crippen molar-refractivity contribution in [3.63, 3.8) is 0 Å². The minimum absolute atomic E-state index is 0.0226. The molecule has 1 aromatic carbocycles. The number of nitrogens with one attached hydrogen (secondary N) is 1. The second-order valence-corrected chi connectivity index (χ2v) is 3.11. The Labute approximate surface area is 84.1 Å². The van der Waals surface area contributed by atoms with Crippen LogP contribution in [0.15, 0.2) is 30.3 Å². The molecule has 1 rings (SSSR count). The average molecular weight is 193 g/mol. The van der Waals surface area contributed by atoms with Gasteiger partial charge in [-0.05, 0) is 12.5 Å². The van der Waals surface area contributed by atoms with E-state index in [9.17, 15) is 4.79 Å². The van der Waals surface area contributed by atoms with Crippen LogP contribution in [-0.4, -0.2) is 19.2 Å². The van der Waals surface area contributed by atoms with Gasteiger partial charge < -0.3 is 10.1 Å². The molecule has 14 heavy (non-hydrogen) atoms.